The summed E-state index contributed by atoms with van der Waals surface area (Å²) in [5.41, 5.74) is 1.24. The van der Waals surface area contributed by atoms with Gasteiger partial charge in [0, 0.05) is 10.5 Å². The van der Waals surface area contributed by atoms with Crippen molar-refractivity contribution in [3.05, 3.63) is 35.9 Å². The van der Waals surface area contributed by atoms with Gasteiger partial charge in [-0.3, -0.25) is 0 Å². The lowest BCUT2D eigenvalue weighted by atomic mass is 10.1. The Bertz CT molecular complexity index is 289. The predicted molar refractivity (Wildman–Crippen MR) is 63.8 cm³/mol. The summed E-state index contributed by atoms with van der Waals surface area (Å²) >= 11 is 2.32. The molecule has 76 valence electrons. The molecule has 1 aromatic rings. The Morgan fingerprint density at radius 2 is 2.07 bits per heavy atom. The van der Waals surface area contributed by atoms with Crippen molar-refractivity contribution in [2.75, 3.05) is 6.54 Å². The van der Waals surface area contributed by atoms with Crippen molar-refractivity contribution < 1.29 is 9.90 Å². The van der Waals surface area contributed by atoms with Crippen LogP contribution in [0.4, 0.5) is 4.79 Å². The van der Waals surface area contributed by atoms with E-state index >= 15 is 0 Å². The van der Waals surface area contributed by atoms with Crippen LogP contribution in [0, 0.1) is 0 Å². The molecule has 0 aliphatic rings. The van der Waals surface area contributed by atoms with Crippen LogP contribution in [0.25, 0.3) is 0 Å². The fourth-order valence-electron chi connectivity index (χ4n) is 1.13. The van der Waals surface area contributed by atoms with Crippen LogP contribution in [-0.4, -0.2) is 17.7 Å². The molecule has 14 heavy (non-hydrogen) atoms. The normalized spacial score (nSPS) is 12.1. The first kappa shape index (κ1) is 11.3. The number of halogens is 1. The average molecular weight is 305 g/mol. The molecule has 1 rings (SSSR count). The number of benzene rings is 1. The van der Waals surface area contributed by atoms with E-state index < -0.39 is 6.09 Å². The fraction of sp³-hybridized carbons (Fsp3) is 0.300. The number of amides is 1. The quantitative estimate of drug-likeness (QED) is 0.664. The minimum atomic E-state index is -0.957. The molecular formula is C10H12INO2. The van der Waals surface area contributed by atoms with Gasteiger partial charge in [-0.25, -0.2) is 4.79 Å². The topological polar surface area (TPSA) is 49.3 Å². The fourth-order valence-corrected chi connectivity index (χ4v) is 1.86. The molecule has 1 unspecified atom stereocenters. The third-order valence-corrected chi connectivity index (χ3v) is 3.18. The van der Waals surface area contributed by atoms with Gasteiger partial charge in [0.2, 0.25) is 0 Å². The highest BCUT2D eigenvalue weighted by molar-refractivity contribution is 14.1. The molecule has 0 heterocycles. The van der Waals surface area contributed by atoms with Gasteiger partial charge in [0.1, 0.15) is 0 Å². The predicted octanol–water partition coefficient (Wildman–Crippen LogP) is 2.82. The molecule has 0 spiro atoms. The van der Waals surface area contributed by atoms with E-state index in [9.17, 15) is 4.79 Å². The molecular weight excluding hydrogens is 293 g/mol. The maximum absolute atomic E-state index is 10.2. The number of carbonyl (C=O) groups is 1. The summed E-state index contributed by atoms with van der Waals surface area (Å²) in [5, 5.41) is 10.7. The molecule has 1 amide bonds. The van der Waals surface area contributed by atoms with Crippen molar-refractivity contribution in [2.24, 2.45) is 0 Å². The Morgan fingerprint density at radius 3 is 2.64 bits per heavy atom. The van der Waals surface area contributed by atoms with Gasteiger partial charge in [0.25, 0.3) is 0 Å². The first-order valence-corrected chi connectivity index (χ1v) is 5.60. The molecule has 0 radical (unpaired) electrons. The molecule has 3 nitrogen and oxygen atoms in total. The van der Waals surface area contributed by atoms with Gasteiger partial charge in [-0.2, -0.15) is 0 Å². The zero-order chi connectivity index (χ0) is 10.4. The second-order valence-electron chi connectivity index (χ2n) is 2.90. The SMILES string of the molecule is O=C(O)NCCC(I)c1ccccc1. The van der Waals surface area contributed by atoms with Gasteiger partial charge in [0.15, 0.2) is 0 Å². The molecule has 1 atom stereocenters. The molecule has 0 aliphatic carbocycles. The molecule has 4 heteroatoms. The molecule has 0 saturated carbocycles. The van der Waals surface area contributed by atoms with Crippen molar-refractivity contribution in [1.29, 1.82) is 0 Å². The summed E-state index contributed by atoms with van der Waals surface area (Å²) < 4.78 is 0.362. The van der Waals surface area contributed by atoms with E-state index in [0.717, 1.165) is 6.42 Å². The zero-order valence-electron chi connectivity index (χ0n) is 7.61. The summed E-state index contributed by atoms with van der Waals surface area (Å²) in [7, 11) is 0. The van der Waals surface area contributed by atoms with Crippen molar-refractivity contribution in [1.82, 2.24) is 5.32 Å². The lowest BCUT2D eigenvalue weighted by Crippen LogP contribution is -2.22. The van der Waals surface area contributed by atoms with Crippen LogP contribution in [0.15, 0.2) is 30.3 Å². The second-order valence-corrected chi connectivity index (χ2v) is 4.40. The highest BCUT2D eigenvalue weighted by atomic mass is 127. The van der Waals surface area contributed by atoms with Gasteiger partial charge in [0.05, 0.1) is 0 Å². The summed E-state index contributed by atoms with van der Waals surface area (Å²) in [4.78, 5) is 10.2. The van der Waals surface area contributed by atoms with Crippen molar-refractivity contribution >= 4 is 28.7 Å². The van der Waals surface area contributed by atoms with Crippen molar-refractivity contribution in [3.8, 4) is 0 Å². The van der Waals surface area contributed by atoms with Gasteiger partial charge < -0.3 is 10.4 Å². The van der Waals surface area contributed by atoms with Gasteiger partial charge in [-0.1, -0.05) is 52.9 Å². The van der Waals surface area contributed by atoms with E-state index in [0.29, 0.717) is 10.5 Å². The molecule has 2 N–H and O–H groups in total. The van der Waals surface area contributed by atoms with E-state index in [4.69, 9.17) is 5.11 Å². The van der Waals surface area contributed by atoms with E-state index in [1.54, 1.807) is 0 Å². The Hall–Kier alpha value is -0.780. The Balaban J connectivity index is 2.36. The van der Waals surface area contributed by atoms with Crippen LogP contribution < -0.4 is 5.32 Å². The highest BCUT2D eigenvalue weighted by Gasteiger charge is 2.06. The Kier molecular flexibility index (Phi) is 4.72. The van der Waals surface area contributed by atoms with E-state index in [-0.39, 0.29) is 0 Å². The van der Waals surface area contributed by atoms with Crippen molar-refractivity contribution in [2.45, 2.75) is 10.3 Å². The van der Waals surface area contributed by atoms with Crippen LogP contribution in [0.1, 0.15) is 15.9 Å². The molecule has 0 aliphatic heterocycles. The van der Waals surface area contributed by atoms with E-state index in [2.05, 4.69) is 40.0 Å². The zero-order valence-corrected chi connectivity index (χ0v) is 9.77. The first-order valence-electron chi connectivity index (χ1n) is 4.36. The molecule has 1 aromatic carbocycles. The minimum absolute atomic E-state index is 0.362. The number of hydrogen-bond donors (Lipinski definition) is 2. The first-order chi connectivity index (χ1) is 6.70. The number of carboxylic acid groups (broad SMARTS) is 1. The number of nitrogens with one attached hydrogen (secondary N) is 1. The number of rotatable bonds is 4. The summed E-state index contributed by atoms with van der Waals surface area (Å²) in [6, 6.07) is 10.1. The monoisotopic (exact) mass is 305 g/mol. The van der Waals surface area contributed by atoms with E-state index in [1.165, 1.54) is 5.56 Å². The lowest BCUT2D eigenvalue weighted by Gasteiger charge is -2.09. The van der Waals surface area contributed by atoms with Gasteiger partial charge in [-0.15, -0.1) is 0 Å². The maximum atomic E-state index is 10.2. The third-order valence-electron chi connectivity index (χ3n) is 1.84. The van der Waals surface area contributed by atoms with Crippen LogP contribution in [0.5, 0.6) is 0 Å². The number of alkyl halides is 1. The summed E-state index contributed by atoms with van der Waals surface area (Å²) in [5.74, 6) is 0. The summed E-state index contributed by atoms with van der Waals surface area (Å²) in [6.07, 6.45) is -0.140. The molecule has 0 fully saturated rings. The summed E-state index contributed by atoms with van der Waals surface area (Å²) in [6.45, 7) is 0.498. The molecule has 0 bridgehead atoms. The van der Waals surface area contributed by atoms with Crippen LogP contribution >= 0.6 is 22.6 Å². The van der Waals surface area contributed by atoms with Crippen LogP contribution in [0.3, 0.4) is 0 Å². The van der Waals surface area contributed by atoms with Gasteiger partial charge >= 0.3 is 6.09 Å². The Morgan fingerprint density at radius 1 is 1.43 bits per heavy atom. The molecule has 0 saturated heterocycles. The smallest absolute Gasteiger partial charge is 0.404 e. The van der Waals surface area contributed by atoms with E-state index in [1.807, 2.05) is 18.2 Å². The minimum Gasteiger partial charge on any atom is -0.465 e. The molecule has 0 aromatic heterocycles. The number of hydrogen-bond acceptors (Lipinski definition) is 1. The highest BCUT2D eigenvalue weighted by Crippen LogP contribution is 2.25. The second kappa shape index (κ2) is 5.85. The standard InChI is InChI=1S/C10H12INO2/c11-9(6-7-12-10(13)14)8-4-2-1-3-5-8/h1-5,9,12H,6-7H2,(H,13,14). The average Bonchev–Trinajstić information content (AvgIpc) is 2.18. The lowest BCUT2D eigenvalue weighted by molar-refractivity contribution is 0.194. The third kappa shape index (κ3) is 3.95. The van der Waals surface area contributed by atoms with Crippen molar-refractivity contribution in [3.63, 3.8) is 0 Å². The van der Waals surface area contributed by atoms with Crippen LogP contribution in [0.2, 0.25) is 0 Å². The van der Waals surface area contributed by atoms with Gasteiger partial charge in [-0.05, 0) is 12.0 Å². The maximum Gasteiger partial charge on any atom is 0.404 e. The van der Waals surface area contributed by atoms with Crippen LogP contribution in [-0.2, 0) is 0 Å². The largest absolute Gasteiger partial charge is 0.465 e. The Labute approximate surface area is 96.7 Å².